The summed E-state index contributed by atoms with van der Waals surface area (Å²) in [5.41, 5.74) is 1.16. The van der Waals surface area contributed by atoms with Crippen LogP contribution in [0.5, 0.6) is 0 Å². The van der Waals surface area contributed by atoms with Crippen molar-refractivity contribution in [3.8, 4) is 0 Å². The predicted octanol–water partition coefficient (Wildman–Crippen LogP) is 2.30. The maximum atomic E-state index is 12.7. The molecular weight excluding hydrogens is 264 g/mol. The van der Waals surface area contributed by atoms with Gasteiger partial charge in [0, 0.05) is 6.04 Å². The van der Waals surface area contributed by atoms with Gasteiger partial charge in [0.1, 0.15) is 0 Å². The first-order chi connectivity index (χ1) is 10.3. The number of hydrogen-bond donors (Lipinski definition) is 0. The van der Waals surface area contributed by atoms with Gasteiger partial charge in [0.05, 0.1) is 17.2 Å². The van der Waals surface area contributed by atoms with Gasteiger partial charge >= 0.3 is 0 Å². The van der Waals surface area contributed by atoms with Crippen molar-refractivity contribution < 1.29 is 9.59 Å². The van der Waals surface area contributed by atoms with Crippen molar-refractivity contribution in [2.24, 2.45) is 0 Å². The Morgan fingerprint density at radius 1 is 0.810 bits per heavy atom. The molecule has 3 aliphatic rings. The van der Waals surface area contributed by atoms with Crippen molar-refractivity contribution in [1.29, 1.82) is 0 Å². The number of hydrogen-bond acceptors (Lipinski definition) is 3. The molecule has 0 aliphatic carbocycles. The summed E-state index contributed by atoms with van der Waals surface area (Å²) in [4.78, 5) is 29.4. The number of rotatable bonds is 1. The summed E-state index contributed by atoms with van der Waals surface area (Å²) in [5, 5.41) is 0. The number of piperidine rings is 2. The van der Waals surface area contributed by atoms with Crippen LogP contribution >= 0.6 is 0 Å². The van der Waals surface area contributed by atoms with E-state index in [4.69, 9.17) is 0 Å². The lowest BCUT2D eigenvalue weighted by molar-refractivity contribution is 0.0192. The molecule has 2 saturated heterocycles. The third kappa shape index (κ3) is 1.93. The van der Waals surface area contributed by atoms with Gasteiger partial charge in [0.25, 0.3) is 11.8 Å². The van der Waals surface area contributed by atoms with Crippen molar-refractivity contribution in [1.82, 2.24) is 9.80 Å². The smallest absolute Gasteiger partial charge is 0.261 e. The molecule has 4 nitrogen and oxygen atoms in total. The van der Waals surface area contributed by atoms with Crippen LogP contribution < -0.4 is 0 Å². The first kappa shape index (κ1) is 13.0. The Bertz CT molecular complexity index is 561. The molecule has 3 heterocycles. The average Bonchev–Trinajstić information content (AvgIpc) is 2.79. The zero-order valence-electron chi connectivity index (χ0n) is 12.1. The normalized spacial score (nSPS) is 29.4. The quantitative estimate of drug-likeness (QED) is 0.743. The predicted molar refractivity (Wildman–Crippen MR) is 79.2 cm³/mol. The number of carbonyl (C=O) groups excluding carboxylic acids is 2. The molecule has 4 rings (SSSR count). The summed E-state index contributed by atoms with van der Waals surface area (Å²) >= 11 is 0. The fourth-order valence-corrected chi connectivity index (χ4v) is 4.24. The lowest BCUT2D eigenvalue weighted by atomic mass is 9.88. The fourth-order valence-electron chi connectivity index (χ4n) is 4.24. The highest BCUT2D eigenvalue weighted by molar-refractivity contribution is 6.21. The molecule has 0 saturated carbocycles. The van der Waals surface area contributed by atoms with Gasteiger partial charge < -0.3 is 0 Å². The van der Waals surface area contributed by atoms with Gasteiger partial charge in [-0.3, -0.25) is 19.4 Å². The van der Waals surface area contributed by atoms with Gasteiger partial charge in [0.2, 0.25) is 0 Å². The summed E-state index contributed by atoms with van der Waals surface area (Å²) in [6, 6.07) is 7.65. The Kier molecular flexibility index (Phi) is 3.07. The molecule has 21 heavy (non-hydrogen) atoms. The number of carbonyl (C=O) groups is 2. The largest absolute Gasteiger partial charge is 0.298 e. The molecule has 0 spiro atoms. The van der Waals surface area contributed by atoms with E-state index in [0.29, 0.717) is 17.2 Å². The summed E-state index contributed by atoms with van der Waals surface area (Å²) in [7, 11) is 0. The lowest BCUT2D eigenvalue weighted by Crippen LogP contribution is -2.58. The molecule has 1 aromatic rings. The second-order valence-corrected chi connectivity index (χ2v) is 6.33. The van der Waals surface area contributed by atoms with Crippen molar-refractivity contribution >= 4 is 11.8 Å². The van der Waals surface area contributed by atoms with E-state index in [9.17, 15) is 9.59 Å². The first-order valence-corrected chi connectivity index (χ1v) is 7.98. The summed E-state index contributed by atoms with van der Waals surface area (Å²) in [6.07, 6.45) is 5.59. The average molecular weight is 284 g/mol. The van der Waals surface area contributed by atoms with E-state index in [0.717, 1.165) is 32.4 Å². The van der Waals surface area contributed by atoms with Crippen LogP contribution in [0.2, 0.25) is 0 Å². The lowest BCUT2D eigenvalue weighted by Gasteiger charge is -2.46. The highest BCUT2D eigenvalue weighted by Crippen LogP contribution is 2.34. The van der Waals surface area contributed by atoms with Crippen molar-refractivity contribution in [2.45, 2.75) is 44.2 Å². The number of benzene rings is 1. The second kappa shape index (κ2) is 4.95. The first-order valence-electron chi connectivity index (χ1n) is 7.98. The Hall–Kier alpha value is -1.68. The van der Waals surface area contributed by atoms with Crippen LogP contribution in [0, 0.1) is 0 Å². The standard InChI is InChI=1S/C17H20N2O2/c20-16-12-6-1-2-7-13(12)17(21)19(16)15-9-5-11-18-10-4-3-8-14(15)18/h1-2,6-7,14-15H,3-5,8-11H2/t14-,15+/m1/s1. The van der Waals surface area contributed by atoms with E-state index >= 15 is 0 Å². The zero-order chi connectivity index (χ0) is 14.4. The summed E-state index contributed by atoms with van der Waals surface area (Å²) in [6.45, 7) is 2.23. The Morgan fingerprint density at radius 3 is 2.14 bits per heavy atom. The molecule has 1 aromatic carbocycles. The van der Waals surface area contributed by atoms with E-state index in [1.54, 1.807) is 17.0 Å². The molecular formula is C17H20N2O2. The fraction of sp³-hybridized carbons (Fsp3) is 0.529. The van der Waals surface area contributed by atoms with E-state index in [1.165, 1.54) is 12.8 Å². The summed E-state index contributed by atoms with van der Waals surface area (Å²) < 4.78 is 0. The number of nitrogens with zero attached hydrogens (tertiary/aromatic N) is 2. The van der Waals surface area contributed by atoms with E-state index in [1.807, 2.05) is 12.1 Å². The van der Waals surface area contributed by atoms with Gasteiger partial charge in [0.15, 0.2) is 0 Å². The third-order valence-corrected chi connectivity index (χ3v) is 5.21. The van der Waals surface area contributed by atoms with Gasteiger partial charge in [-0.1, -0.05) is 18.6 Å². The van der Waals surface area contributed by atoms with Crippen LogP contribution in [0.4, 0.5) is 0 Å². The highest BCUT2D eigenvalue weighted by atomic mass is 16.2. The minimum atomic E-state index is -0.0898. The molecule has 0 bridgehead atoms. The molecule has 2 fully saturated rings. The van der Waals surface area contributed by atoms with Crippen LogP contribution in [0.15, 0.2) is 24.3 Å². The molecule has 0 N–H and O–H groups in total. The monoisotopic (exact) mass is 284 g/mol. The van der Waals surface area contributed by atoms with Crippen molar-refractivity contribution in [3.05, 3.63) is 35.4 Å². The Labute approximate surface area is 124 Å². The molecule has 2 atom stereocenters. The van der Waals surface area contributed by atoms with Crippen LogP contribution in [0.1, 0.15) is 52.8 Å². The van der Waals surface area contributed by atoms with Gasteiger partial charge in [-0.2, -0.15) is 0 Å². The zero-order valence-corrected chi connectivity index (χ0v) is 12.1. The molecule has 0 unspecified atom stereocenters. The topological polar surface area (TPSA) is 40.6 Å². The Balaban J connectivity index is 1.67. The van der Waals surface area contributed by atoms with Crippen LogP contribution in [0.3, 0.4) is 0 Å². The van der Waals surface area contributed by atoms with Gasteiger partial charge in [-0.15, -0.1) is 0 Å². The number of amides is 2. The third-order valence-electron chi connectivity index (χ3n) is 5.21. The van der Waals surface area contributed by atoms with Crippen molar-refractivity contribution in [3.63, 3.8) is 0 Å². The SMILES string of the molecule is O=C1c2ccccc2C(=O)N1[C@H]1CCCN2CCCC[C@H]12. The van der Waals surface area contributed by atoms with E-state index < -0.39 is 0 Å². The molecule has 3 aliphatic heterocycles. The van der Waals surface area contributed by atoms with E-state index in [-0.39, 0.29) is 17.9 Å². The highest BCUT2D eigenvalue weighted by Gasteiger charge is 2.45. The van der Waals surface area contributed by atoms with Gasteiger partial charge in [-0.25, -0.2) is 0 Å². The summed E-state index contributed by atoms with van der Waals surface area (Å²) in [5.74, 6) is -0.180. The molecule has 4 heteroatoms. The minimum Gasteiger partial charge on any atom is -0.298 e. The van der Waals surface area contributed by atoms with Crippen LogP contribution in [0.25, 0.3) is 0 Å². The maximum absolute atomic E-state index is 12.7. The molecule has 110 valence electrons. The molecule has 0 radical (unpaired) electrons. The Morgan fingerprint density at radius 2 is 1.43 bits per heavy atom. The number of imide groups is 1. The van der Waals surface area contributed by atoms with E-state index in [2.05, 4.69) is 4.90 Å². The molecule has 0 aromatic heterocycles. The van der Waals surface area contributed by atoms with Gasteiger partial charge in [-0.05, 0) is 50.9 Å². The van der Waals surface area contributed by atoms with Crippen LogP contribution in [-0.2, 0) is 0 Å². The number of fused-ring (bicyclic) bond motifs is 2. The minimum absolute atomic E-state index is 0.0615. The maximum Gasteiger partial charge on any atom is 0.261 e. The second-order valence-electron chi connectivity index (χ2n) is 6.33. The van der Waals surface area contributed by atoms with Crippen molar-refractivity contribution in [2.75, 3.05) is 13.1 Å². The van der Waals surface area contributed by atoms with Crippen LogP contribution in [-0.4, -0.2) is 46.8 Å². The molecule has 2 amide bonds.